The Morgan fingerprint density at radius 2 is 1.52 bits per heavy atom. The summed E-state index contributed by atoms with van der Waals surface area (Å²) in [5.41, 5.74) is 6.28. The predicted octanol–water partition coefficient (Wildman–Crippen LogP) is 4.36. The molecule has 3 aromatic rings. The first kappa shape index (κ1) is 12.6. The molecule has 3 N–H and O–H groups in total. The molecule has 1 unspecified atom stereocenters. The molecule has 0 aliphatic carbocycles. The maximum Gasteiger partial charge on any atom is 0.139 e. The molecule has 0 radical (unpaired) electrons. The van der Waals surface area contributed by atoms with E-state index >= 15 is 0 Å². The fourth-order valence-electron chi connectivity index (χ4n) is 3.95. The van der Waals surface area contributed by atoms with Crippen LogP contribution >= 0.6 is 0 Å². The fourth-order valence-corrected chi connectivity index (χ4v) is 3.95. The molecule has 5 rings (SSSR count). The van der Waals surface area contributed by atoms with Crippen molar-refractivity contribution in [1.82, 2.24) is 0 Å². The highest BCUT2D eigenvalue weighted by molar-refractivity contribution is 5.83. The van der Waals surface area contributed by atoms with Crippen molar-refractivity contribution in [2.24, 2.45) is 0 Å². The van der Waals surface area contributed by atoms with E-state index in [1.807, 2.05) is 12.1 Å². The quantitative estimate of drug-likeness (QED) is 0.540. The van der Waals surface area contributed by atoms with E-state index in [-0.39, 0.29) is 11.3 Å². The first-order valence-corrected chi connectivity index (χ1v) is 7.83. The predicted molar refractivity (Wildman–Crippen MR) is 92.4 cm³/mol. The summed E-state index contributed by atoms with van der Waals surface area (Å²) in [6.07, 6.45) is 0.873. The average molecular weight is 300 g/mol. The normalized spacial score (nSPS) is 20.2. The molecule has 23 heavy (non-hydrogen) atoms. The lowest BCUT2D eigenvalue weighted by molar-refractivity contribution is 0.474. The minimum absolute atomic E-state index is 0.286. The van der Waals surface area contributed by atoms with Crippen molar-refractivity contribution in [2.45, 2.75) is 12.0 Å². The summed E-state index contributed by atoms with van der Waals surface area (Å²) < 4.78 is 0. The monoisotopic (exact) mass is 300 g/mol. The van der Waals surface area contributed by atoms with Gasteiger partial charge in [0.1, 0.15) is 5.75 Å². The van der Waals surface area contributed by atoms with Crippen LogP contribution < -0.4 is 10.6 Å². The molecule has 0 saturated carbocycles. The molecule has 2 aliphatic heterocycles. The summed E-state index contributed by atoms with van der Waals surface area (Å²) in [7, 11) is 0. The second kappa shape index (κ2) is 4.29. The summed E-state index contributed by atoms with van der Waals surface area (Å²) in [6.45, 7) is 0. The summed E-state index contributed by atoms with van der Waals surface area (Å²) >= 11 is 0. The van der Waals surface area contributed by atoms with Crippen LogP contribution in [0.15, 0.2) is 66.7 Å². The van der Waals surface area contributed by atoms with E-state index in [1.54, 1.807) is 6.07 Å². The lowest BCUT2D eigenvalue weighted by Crippen LogP contribution is -2.38. The zero-order chi connectivity index (χ0) is 15.4. The fraction of sp³-hybridized carbons (Fsp3) is 0.100. The molecule has 2 heterocycles. The Balaban J connectivity index is 1.81. The van der Waals surface area contributed by atoms with Crippen LogP contribution in [0.2, 0.25) is 0 Å². The van der Waals surface area contributed by atoms with Crippen molar-refractivity contribution in [3.05, 3.63) is 83.4 Å². The van der Waals surface area contributed by atoms with E-state index in [4.69, 9.17) is 0 Å². The van der Waals surface area contributed by atoms with Crippen molar-refractivity contribution in [3.63, 3.8) is 0 Å². The molecule has 0 fully saturated rings. The van der Waals surface area contributed by atoms with Gasteiger partial charge in [-0.1, -0.05) is 48.5 Å². The Kier molecular flexibility index (Phi) is 2.35. The number of benzene rings is 3. The zero-order valence-corrected chi connectivity index (χ0v) is 12.5. The molecule has 3 aromatic carbocycles. The second-order valence-electron chi connectivity index (χ2n) is 6.23. The number of fused-ring (bicyclic) bond motifs is 5. The number of para-hydroxylation sites is 3. The summed E-state index contributed by atoms with van der Waals surface area (Å²) in [5, 5.41) is 17.5. The summed E-state index contributed by atoms with van der Waals surface area (Å²) in [5.74, 6) is 0.286. The zero-order valence-electron chi connectivity index (χ0n) is 12.5. The summed E-state index contributed by atoms with van der Waals surface area (Å²) in [4.78, 5) is 0. The molecule has 1 spiro atoms. The van der Waals surface area contributed by atoms with Crippen molar-refractivity contribution in [3.8, 4) is 5.75 Å². The average Bonchev–Trinajstić information content (AvgIpc) is 2.96. The number of aromatic hydroxyl groups is 1. The van der Waals surface area contributed by atoms with E-state index in [0.29, 0.717) is 0 Å². The highest BCUT2D eigenvalue weighted by Gasteiger charge is 2.45. The number of nitrogens with one attached hydrogen (secondary N) is 2. The van der Waals surface area contributed by atoms with Gasteiger partial charge < -0.3 is 15.7 Å². The van der Waals surface area contributed by atoms with Gasteiger partial charge in [-0.05, 0) is 23.8 Å². The first-order chi connectivity index (χ1) is 11.3. The third-order valence-corrected chi connectivity index (χ3v) is 4.97. The number of phenols is 1. The molecule has 3 nitrogen and oxygen atoms in total. The molecule has 112 valence electrons. The lowest BCUT2D eigenvalue weighted by atomic mass is 9.76. The van der Waals surface area contributed by atoms with Crippen LogP contribution in [0.5, 0.6) is 5.75 Å². The first-order valence-electron chi connectivity index (χ1n) is 7.83. The van der Waals surface area contributed by atoms with Crippen LogP contribution in [0.1, 0.15) is 16.7 Å². The van der Waals surface area contributed by atoms with Gasteiger partial charge in [-0.25, -0.2) is 0 Å². The van der Waals surface area contributed by atoms with Crippen molar-refractivity contribution >= 4 is 17.1 Å². The molecule has 0 saturated heterocycles. The Morgan fingerprint density at radius 1 is 0.783 bits per heavy atom. The Labute approximate surface area is 134 Å². The van der Waals surface area contributed by atoms with Crippen LogP contribution in [0.25, 0.3) is 0 Å². The van der Waals surface area contributed by atoms with Crippen molar-refractivity contribution < 1.29 is 5.11 Å². The van der Waals surface area contributed by atoms with Crippen LogP contribution in [0.4, 0.5) is 17.1 Å². The number of phenolic OH excluding ortho intramolecular Hbond substituents is 1. The third kappa shape index (κ3) is 1.59. The standard InChI is InChI=1S/C20H16N2O/c23-18-11-5-8-15-19(18)21-17-10-4-2-7-14(17)20(15)12-13-6-1-3-9-16(13)22-20/h1-11,21-23H,12H2. The highest BCUT2D eigenvalue weighted by Crippen LogP contribution is 2.53. The van der Waals surface area contributed by atoms with Crippen LogP contribution in [0, 0.1) is 0 Å². The molecular weight excluding hydrogens is 284 g/mol. The SMILES string of the molecule is Oc1cccc2c1Nc1ccccc1C21Cc2ccccc2N1. The van der Waals surface area contributed by atoms with Gasteiger partial charge in [-0.3, -0.25) is 0 Å². The van der Waals surface area contributed by atoms with E-state index in [0.717, 1.165) is 23.4 Å². The van der Waals surface area contributed by atoms with Gasteiger partial charge in [-0.2, -0.15) is 0 Å². The molecule has 0 aromatic heterocycles. The topological polar surface area (TPSA) is 44.3 Å². The Bertz CT molecular complexity index is 907. The maximum absolute atomic E-state index is 10.4. The maximum atomic E-state index is 10.4. The molecule has 0 bridgehead atoms. The van der Waals surface area contributed by atoms with E-state index in [9.17, 15) is 5.11 Å². The molecule has 3 heteroatoms. The van der Waals surface area contributed by atoms with Crippen molar-refractivity contribution in [2.75, 3.05) is 10.6 Å². The Hall–Kier alpha value is -2.94. The molecular formula is C20H16N2O. The van der Waals surface area contributed by atoms with Crippen LogP contribution in [-0.4, -0.2) is 5.11 Å². The largest absolute Gasteiger partial charge is 0.506 e. The number of anilines is 3. The van der Waals surface area contributed by atoms with Gasteiger partial charge in [-0.15, -0.1) is 0 Å². The molecule has 0 amide bonds. The molecule has 1 atom stereocenters. The summed E-state index contributed by atoms with van der Waals surface area (Å²) in [6, 6.07) is 22.5. The van der Waals surface area contributed by atoms with E-state index < -0.39 is 0 Å². The second-order valence-corrected chi connectivity index (χ2v) is 6.23. The van der Waals surface area contributed by atoms with Gasteiger partial charge in [0.15, 0.2) is 0 Å². The number of hydrogen-bond donors (Lipinski definition) is 3. The van der Waals surface area contributed by atoms with Gasteiger partial charge in [0, 0.05) is 28.9 Å². The van der Waals surface area contributed by atoms with Crippen molar-refractivity contribution in [1.29, 1.82) is 0 Å². The van der Waals surface area contributed by atoms with Gasteiger partial charge in [0.05, 0.1) is 11.2 Å². The van der Waals surface area contributed by atoms with E-state index in [1.165, 1.54) is 16.8 Å². The Morgan fingerprint density at radius 3 is 2.39 bits per heavy atom. The smallest absolute Gasteiger partial charge is 0.139 e. The van der Waals surface area contributed by atoms with Crippen LogP contribution in [-0.2, 0) is 12.0 Å². The van der Waals surface area contributed by atoms with Crippen LogP contribution in [0.3, 0.4) is 0 Å². The number of hydrogen-bond acceptors (Lipinski definition) is 3. The van der Waals surface area contributed by atoms with Gasteiger partial charge >= 0.3 is 0 Å². The van der Waals surface area contributed by atoms with Gasteiger partial charge in [0.25, 0.3) is 0 Å². The molecule has 2 aliphatic rings. The van der Waals surface area contributed by atoms with E-state index in [2.05, 4.69) is 59.2 Å². The minimum atomic E-state index is -0.334. The third-order valence-electron chi connectivity index (χ3n) is 4.97. The number of rotatable bonds is 0. The highest BCUT2D eigenvalue weighted by atomic mass is 16.3. The lowest BCUT2D eigenvalue weighted by Gasteiger charge is -2.39. The minimum Gasteiger partial charge on any atom is -0.506 e. The van der Waals surface area contributed by atoms with Gasteiger partial charge in [0.2, 0.25) is 0 Å².